The third-order valence-corrected chi connectivity index (χ3v) is 6.15. The van der Waals surface area contributed by atoms with Gasteiger partial charge in [-0.3, -0.25) is 9.80 Å². The molecular formula is C25H28FN5O2. The van der Waals surface area contributed by atoms with Crippen molar-refractivity contribution in [3.05, 3.63) is 71.7 Å². The number of likely N-dealkylation sites (tertiary alicyclic amines) is 1. The van der Waals surface area contributed by atoms with Crippen molar-refractivity contribution >= 4 is 6.09 Å². The zero-order chi connectivity index (χ0) is 23.2. The summed E-state index contributed by atoms with van der Waals surface area (Å²) in [5.74, 6) is -0.245. The zero-order valence-corrected chi connectivity index (χ0v) is 19.1. The number of rotatable bonds is 3. The molecule has 1 fully saturated rings. The Balaban J connectivity index is 1.47. The van der Waals surface area contributed by atoms with Crippen LogP contribution in [0.5, 0.6) is 0 Å². The van der Waals surface area contributed by atoms with Crippen molar-refractivity contribution < 1.29 is 13.9 Å². The molecule has 8 heteroatoms. The molecule has 33 heavy (non-hydrogen) atoms. The van der Waals surface area contributed by atoms with Gasteiger partial charge in [0.15, 0.2) is 0 Å². The fourth-order valence-electron chi connectivity index (χ4n) is 4.72. The number of hydrogen-bond acceptors (Lipinski definition) is 5. The maximum atomic E-state index is 13.3. The molecule has 2 atom stereocenters. The normalized spacial score (nSPS) is 20.4. The number of carbonyl (C=O) groups is 1. The predicted octanol–water partition coefficient (Wildman–Crippen LogP) is 4.26. The highest BCUT2D eigenvalue weighted by molar-refractivity contribution is 5.70. The van der Waals surface area contributed by atoms with E-state index in [9.17, 15) is 9.18 Å². The number of nitrogens with zero attached hydrogens (tertiary/aromatic N) is 5. The Morgan fingerprint density at radius 2 is 1.76 bits per heavy atom. The van der Waals surface area contributed by atoms with Crippen LogP contribution in [0.15, 0.2) is 54.6 Å². The second kappa shape index (κ2) is 8.26. The molecule has 1 aromatic heterocycles. The average molecular weight is 450 g/mol. The van der Waals surface area contributed by atoms with E-state index in [0.717, 1.165) is 22.5 Å². The van der Waals surface area contributed by atoms with Gasteiger partial charge in [0, 0.05) is 25.2 Å². The van der Waals surface area contributed by atoms with Crippen molar-refractivity contribution in [2.45, 2.75) is 51.5 Å². The number of halogens is 1. The second-order valence-corrected chi connectivity index (χ2v) is 9.76. The molecule has 2 unspecified atom stereocenters. The Labute approximate surface area is 192 Å². The molecule has 7 nitrogen and oxygen atoms in total. The zero-order valence-electron chi connectivity index (χ0n) is 19.1. The summed E-state index contributed by atoms with van der Waals surface area (Å²) in [7, 11) is 0. The lowest BCUT2D eigenvalue weighted by Crippen LogP contribution is -2.50. The molecule has 0 aliphatic carbocycles. The van der Waals surface area contributed by atoms with Crippen molar-refractivity contribution in [2.75, 3.05) is 13.1 Å². The minimum absolute atomic E-state index is 0.0355. The molecule has 1 saturated heterocycles. The minimum Gasteiger partial charge on any atom is -0.444 e. The monoisotopic (exact) mass is 449 g/mol. The summed E-state index contributed by atoms with van der Waals surface area (Å²) in [5, 5.41) is 9.00. The fraction of sp³-hybridized carbons (Fsp3) is 0.400. The summed E-state index contributed by atoms with van der Waals surface area (Å²) in [6.45, 7) is 8.09. The summed E-state index contributed by atoms with van der Waals surface area (Å²) in [4.78, 5) is 17.3. The number of carbonyl (C=O) groups excluding carboxylic acids is 1. The molecule has 2 aliphatic heterocycles. The van der Waals surface area contributed by atoms with Gasteiger partial charge in [0.2, 0.25) is 0 Å². The van der Waals surface area contributed by atoms with Gasteiger partial charge < -0.3 is 4.74 Å². The van der Waals surface area contributed by atoms with Gasteiger partial charge in [-0.1, -0.05) is 47.7 Å². The predicted molar refractivity (Wildman–Crippen MR) is 122 cm³/mol. The van der Waals surface area contributed by atoms with Crippen LogP contribution in [-0.4, -0.2) is 55.6 Å². The summed E-state index contributed by atoms with van der Waals surface area (Å²) in [5.41, 5.74) is 3.12. The first-order valence-electron chi connectivity index (χ1n) is 11.2. The molecule has 172 valence electrons. The van der Waals surface area contributed by atoms with E-state index in [-0.39, 0.29) is 24.0 Å². The maximum Gasteiger partial charge on any atom is 0.411 e. The third kappa shape index (κ3) is 4.35. The molecule has 0 saturated carbocycles. The van der Waals surface area contributed by atoms with E-state index in [1.54, 1.807) is 12.1 Å². The van der Waals surface area contributed by atoms with E-state index >= 15 is 0 Å². The Morgan fingerprint density at radius 3 is 2.45 bits per heavy atom. The molecule has 2 aromatic carbocycles. The van der Waals surface area contributed by atoms with E-state index in [4.69, 9.17) is 4.74 Å². The smallest absolute Gasteiger partial charge is 0.411 e. The molecule has 0 bridgehead atoms. The molecule has 2 aliphatic rings. The van der Waals surface area contributed by atoms with Gasteiger partial charge in [0.05, 0.1) is 24.3 Å². The van der Waals surface area contributed by atoms with Gasteiger partial charge in [0.25, 0.3) is 0 Å². The van der Waals surface area contributed by atoms with E-state index < -0.39 is 5.60 Å². The average Bonchev–Trinajstić information content (AvgIpc) is 3.38. The number of ether oxygens (including phenoxy) is 1. The maximum absolute atomic E-state index is 13.3. The highest BCUT2D eigenvalue weighted by Gasteiger charge is 2.46. The van der Waals surface area contributed by atoms with Crippen LogP contribution in [0.4, 0.5) is 9.18 Å². The van der Waals surface area contributed by atoms with Crippen molar-refractivity contribution in [2.24, 2.45) is 0 Å². The lowest BCUT2D eigenvalue weighted by atomic mass is 10.0. The fourth-order valence-corrected chi connectivity index (χ4v) is 4.72. The Kier molecular flexibility index (Phi) is 5.40. The molecule has 0 N–H and O–H groups in total. The summed E-state index contributed by atoms with van der Waals surface area (Å²) in [6.07, 6.45) is -0.326. The Bertz CT molecular complexity index is 1140. The SMILES string of the molecule is CC(C)(C)OC(=O)N1Cc2c(-c3ccccc3)nnn2C2CN(Cc3ccc(F)cc3)CC21. The molecule has 0 spiro atoms. The van der Waals surface area contributed by atoms with E-state index in [0.29, 0.717) is 26.2 Å². The number of fused-ring (bicyclic) bond motifs is 3. The topological polar surface area (TPSA) is 63.5 Å². The van der Waals surface area contributed by atoms with Crippen LogP contribution >= 0.6 is 0 Å². The highest BCUT2D eigenvalue weighted by Crippen LogP contribution is 2.37. The van der Waals surface area contributed by atoms with Crippen LogP contribution in [0.25, 0.3) is 11.3 Å². The first-order chi connectivity index (χ1) is 15.8. The lowest BCUT2D eigenvalue weighted by molar-refractivity contribution is 0.00539. The van der Waals surface area contributed by atoms with Gasteiger partial charge in [0.1, 0.15) is 17.1 Å². The second-order valence-electron chi connectivity index (χ2n) is 9.76. The van der Waals surface area contributed by atoms with E-state index in [1.807, 2.05) is 60.7 Å². The minimum atomic E-state index is -0.586. The van der Waals surface area contributed by atoms with E-state index in [1.165, 1.54) is 12.1 Å². The summed E-state index contributed by atoms with van der Waals surface area (Å²) >= 11 is 0. The standard InChI is InChI=1S/C25H28FN5O2/c1-25(2,3)33-24(32)30-16-22-23(18-7-5-4-6-8-18)27-28-31(22)21-15-29(14-20(21)30)13-17-9-11-19(26)12-10-17/h4-12,20-21H,13-16H2,1-3H3. The van der Waals surface area contributed by atoms with Gasteiger partial charge >= 0.3 is 6.09 Å². The quantitative estimate of drug-likeness (QED) is 0.598. The Hall–Kier alpha value is -3.26. The Morgan fingerprint density at radius 1 is 1.06 bits per heavy atom. The largest absolute Gasteiger partial charge is 0.444 e. The van der Waals surface area contributed by atoms with Crippen molar-refractivity contribution in [3.63, 3.8) is 0 Å². The van der Waals surface area contributed by atoms with Gasteiger partial charge in [-0.05, 0) is 38.5 Å². The molecule has 1 amide bonds. The van der Waals surface area contributed by atoms with Crippen LogP contribution < -0.4 is 0 Å². The van der Waals surface area contributed by atoms with Crippen LogP contribution in [0.1, 0.15) is 38.1 Å². The van der Waals surface area contributed by atoms with Gasteiger partial charge in [-0.2, -0.15) is 0 Å². The van der Waals surface area contributed by atoms with Crippen molar-refractivity contribution in [1.82, 2.24) is 24.8 Å². The van der Waals surface area contributed by atoms with Crippen LogP contribution in [0.3, 0.4) is 0 Å². The highest BCUT2D eigenvalue weighted by atomic mass is 19.1. The summed E-state index contributed by atoms with van der Waals surface area (Å²) < 4.78 is 21.1. The number of aromatic nitrogens is 3. The number of benzene rings is 2. The summed E-state index contributed by atoms with van der Waals surface area (Å²) in [6, 6.07) is 16.4. The third-order valence-electron chi connectivity index (χ3n) is 6.15. The van der Waals surface area contributed by atoms with E-state index in [2.05, 4.69) is 15.2 Å². The molecule has 3 aromatic rings. The first-order valence-corrected chi connectivity index (χ1v) is 11.2. The van der Waals surface area contributed by atoms with Gasteiger partial charge in [-0.25, -0.2) is 13.9 Å². The first kappa shape index (κ1) is 21.6. The number of hydrogen-bond donors (Lipinski definition) is 0. The van der Waals surface area contributed by atoms with Crippen LogP contribution in [-0.2, 0) is 17.8 Å². The number of amides is 1. The molecule has 5 rings (SSSR count). The van der Waals surface area contributed by atoms with Crippen molar-refractivity contribution in [1.29, 1.82) is 0 Å². The van der Waals surface area contributed by atoms with Crippen LogP contribution in [0.2, 0.25) is 0 Å². The van der Waals surface area contributed by atoms with Crippen LogP contribution in [0, 0.1) is 5.82 Å². The molecule has 3 heterocycles. The molecular weight excluding hydrogens is 421 g/mol. The van der Waals surface area contributed by atoms with Gasteiger partial charge in [-0.15, -0.1) is 5.10 Å². The lowest BCUT2D eigenvalue weighted by Gasteiger charge is -2.38. The molecule has 0 radical (unpaired) electrons. The van der Waals surface area contributed by atoms with Crippen molar-refractivity contribution in [3.8, 4) is 11.3 Å².